The molecule has 0 atom stereocenters. The van der Waals surface area contributed by atoms with Crippen LogP contribution in [0.1, 0.15) is 22.0 Å². The maximum Gasteiger partial charge on any atom is 0.262 e. The first-order chi connectivity index (χ1) is 9.02. The molecule has 0 aromatic carbocycles. The van der Waals surface area contributed by atoms with Gasteiger partial charge in [-0.05, 0) is 26.0 Å². The number of hydrogen-bond donors (Lipinski definition) is 2. The third-order valence-corrected chi connectivity index (χ3v) is 3.59. The molecule has 2 heterocycles. The van der Waals surface area contributed by atoms with Crippen molar-refractivity contribution in [2.75, 3.05) is 0 Å². The molecule has 0 aliphatic rings. The van der Waals surface area contributed by atoms with Gasteiger partial charge in [0.1, 0.15) is 0 Å². The third kappa shape index (κ3) is 2.65. The Morgan fingerprint density at radius 1 is 1.53 bits per heavy atom. The molecule has 0 unspecified atom stereocenters. The van der Waals surface area contributed by atoms with Crippen molar-refractivity contribution in [1.82, 2.24) is 9.55 Å². The average molecular weight is 278 g/mol. The molecule has 2 rings (SSSR count). The predicted molar refractivity (Wildman–Crippen MR) is 73.9 cm³/mol. The van der Waals surface area contributed by atoms with E-state index in [1.165, 1.54) is 11.3 Å². The zero-order valence-electron chi connectivity index (χ0n) is 10.6. The van der Waals surface area contributed by atoms with Gasteiger partial charge in [-0.15, -0.1) is 11.3 Å². The summed E-state index contributed by atoms with van der Waals surface area (Å²) in [7, 11) is 0. The monoisotopic (exact) mass is 278 g/mol. The number of hydrogen-bond acceptors (Lipinski definition) is 5. The molecule has 0 saturated heterocycles. The Bertz CT molecular complexity index is 687. The fourth-order valence-electron chi connectivity index (χ4n) is 1.76. The van der Waals surface area contributed by atoms with E-state index in [2.05, 4.69) is 10.1 Å². The molecule has 0 bridgehead atoms. The maximum atomic E-state index is 12.3. The van der Waals surface area contributed by atoms with Crippen LogP contribution in [0.4, 0.5) is 0 Å². The molecule has 7 heteroatoms. The molecule has 6 nitrogen and oxygen atoms in total. The molecule has 0 amide bonds. The van der Waals surface area contributed by atoms with Gasteiger partial charge in [0.2, 0.25) is 0 Å². The first-order valence-corrected chi connectivity index (χ1v) is 6.50. The molecule has 2 aromatic heterocycles. The van der Waals surface area contributed by atoms with E-state index in [1.54, 1.807) is 16.7 Å². The van der Waals surface area contributed by atoms with Crippen molar-refractivity contribution < 1.29 is 5.21 Å². The van der Waals surface area contributed by atoms with Gasteiger partial charge in [-0.25, -0.2) is 4.98 Å². The van der Waals surface area contributed by atoms with E-state index in [9.17, 15) is 4.79 Å². The van der Waals surface area contributed by atoms with Gasteiger partial charge < -0.3 is 15.5 Å². The SMILES string of the molecule is Cc1nc(Cn2c(C)ccc(/C(N)=N/O)c2=O)cs1. The lowest BCUT2D eigenvalue weighted by molar-refractivity contribution is 0.318. The van der Waals surface area contributed by atoms with Crippen molar-refractivity contribution in [2.24, 2.45) is 10.9 Å². The van der Waals surface area contributed by atoms with Crippen molar-refractivity contribution in [1.29, 1.82) is 0 Å². The largest absolute Gasteiger partial charge is 0.409 e. The van der Waals surface area contributed by atoms with E-state index >= 15 is 0 Å². The number of aromatic nitrogens is 2. The molecule has 0 fully saturated rings. The lowest BCUT2D eigenvalue weighted by Crippen LogP contribution is -2.31. The number of nitrogens with two attached hydrogens (primary N) is 1. The van der Waals surface area contributed by atoms with Crippen LogP contribution in [0, 0.1) is 13.8 Å². The molecule has 3 N–H and O–H groups in total. The van der Waals surface area contributed by atoms with E-state index in [0.717, 1.165) is 16.4 Å². The molecule has 0 saturated carbocycles. The molecule has 0 radical (unpaired) electrons. The zero-order chi connectivity index (χ0) is 14.0. The molecule has 19 heavy (non-hydrogen) atoms. The van der Waals surface area contributed by atoms with Gasteiger partial charge in [0.25, 0.3) is 5.56 Å². The second-order valence-corrected chi connectivity index (χ2v) is 5.19. The van der Waals surface area contributed by atoms with Gasteiger partial charge in [0.05, 0.1) is 22.8 Å². The van der Waals surface area contributed by atoms with E-state index in [4.69, 9.17) is 10.9 Å². The van der Waals surface area contributed by atoms with Gasteiger partial charge in [-0.1, -0.05) is 5.16 Å². The fraction of sp³-hybridized carbons (Fsp3) is 0.250. The lowest BCUT2D eigenvalue weighted by Gasteiger charge is -2.10. The number of rotatable bonds is 3. The molecule has 100 valence electrons. The van der Waals surface area contributed by atoms with Crippen LogP contribution in [0.2, 0.25) is 0 Å². The topological polar surface area (TPSA) is 93.5 Å². The zero-order valence-corrected chi connectivity index (χ0v) is 11.4. The maximum absolute atomic E-state index is 12.3. The van der Waals surface area contributed by atoms with Crippen molar-refractivity contribution in [3.8, 4) is 0 Å². The Morgan fingerprint density at radius 2 is 2.26 bits per heavy atom. The lowest BCUT2D eigenvalue weighted by atomic mass is 10.2. The summed E-state index contributed by atoms with van der Waals surface area (Å²) in [6.45, 7) is 4.12. The van der Waals surface area contributed by atoms with Crippen LogP contribution < -0.4 is 11.3 Å². The number of amidine groups is 1. The summed E-state index contributed by atoms with van der Waals surface area (Å²) in [6, 6.07) is 3.31. The number of pyridine rings is 1. The highest BCUT2D eigenvalue weighted by molar-refractivity contribution is 7.09. The summed E-state index contributed by atoms with van der Waals surface area (Å²) < 4.78 is 1.56. The minimum absolute atomic E-state index is 0.181. The Morgan fingerprint density at radius 3 is 2.84 bits per heavy atom. The fourth-order valence-corrected chi connectivity index (χ4v) is 2.36. The Labute approximate surface area is 113 Å². The highest BCUT2D eigenvalue weighted by Crippen LogP contribution is 2.10. The molecule has 0 spiro atoms. The first kappa shape index (κ1) is 13.3. The smallest absolute Gasteiger partial charge is 0.262 e. The van der Waals surface area contributed by atoms with Crippen LogP contribution in [-0.2, 0) is 6.54 Å². The summed E-state index contributed by atoms with van der Waals surface area (Å²) >= 11 is 1.54. The highest BCUT2D eigenvalue weighted by Gasteiger charge is 2.11. The van der Waals surface area contributed by atoms with Crippen LogP contribution in [0.15, 0.2) is 27.5 Å². The third-order valence-electron chi connectivity index (χ3n) is 2.76. The van der Waals surface area contributed by atoms with Crippen LogP contribution in [0.25, 0.3) is 0 Å². The van der Waals surface area contributed by atoms with Gasteiger partial charge >= 0.3 is 0 Å². The molecule has 0 aliphatic carbocycles. The van der Waals surface area contributed by atoms with Crippen LogP contribution >= 0.6 is 11.3 Å². The standard InChI is InChI=1S/C12H14N4O2S/c1-7-3-4-10(11(13)15-18)12(17)16(7)5-9-6-19-8(2)14-9/h3-4,6,18H,5H2,1-2H3,(H2,13,15). The average Bonchev–Trinajstić information content (AvgIpc) is 2.79. The first-order valence-electron chi connectivity index (χ1n) is 5.62. The number of oxime groups is 1. The summed E-state index contributed by atoms with van der Waals surface area (Å²) in [4.78, 5) is 16.6. The molecule has 0 aliphatic heterocycles. The Hall–Kier alpha value is -2.15. The Balaban J connectivity index is 2.48. The van der Waals surface area contributed by atoms with Crippen LogP contribution in [-0.4, -0.2) is 20.6 Å². The summed E-state index contributed by atoms with van der Waals surface area (Å²) in [5, 5.41) is 14.4. The van der Waals surface area contributed by atoms with E-state index in [0.29, 0.717) is 6.54 Å². The van der Waals surface area contributed by atoms with Gasteiger partial charge in [0, 0.05) is 11.1 Å². The molecule has 2 aromatic rings. The van der Waals surface area contributed by atoms with Crippen molar-refractivity contribution in [3.05, 3.63) is 49.8 Å². The highest BCUT2D eigenvalue weighted by atomic mass is 32.1. The number of thiazole rings is 1. The Kier molecular flexibility index (Phi) is 3.66. The van der Waals surface area contributed by atoms with Crippen molar-refractivity contribution in [2.45, 2.75) is 20.4 Å². The second-order valence-electron chi connectivity index (χ2n) is 4.12. The van der Waals surface area contributed by atoms with E-state index in [-0.39, 0.29) is 17.0 Å². The molecular weight excluding hydrogens is 264 g/mol. The minimum Gasteiger partial charge on any atom is -0.409 e. The summed E-state index contributed by atoms with van der Waals surface area (Å²) in [6.07, 6.45) is 0. The van der Waals surface area contributed by atoms with Crippen LogP contribution in [0.3, 0.4) is 0 Å². The summed E-state index contributed by atoms with van der Waals surface area (Å²) in [5.74, 6) is -0.187. The number of aryl methyl sites for hydroxylation is 2. The van der Waals surface area contributed by atoms with Gasteiger partial charge in [-0.3, -0.25) is 4.79 Å². The van der Waals surface area contributed by atoms with Crippen molar-refractivity contribution in [3.63, 3.8) is 0 Å². The second kappa shape index (κ2) is 5.23. The normalized spacial score (nSPS) is 11.8. The van der Waals surface area contributed by atoms with E-state index < -0.39 is 0 Å². The van der Waals surface area contributed by atoms with Gasteiger partial charge in [0.15, 0.2) is 5.84 Å². The van der Waals surface area contributed by atoms with Gasteiger partial charge in [-0.2, -0.15) is 0 Å². The molecular formula is C12H14N4O2S. The minimum atomic E-state index is -0.291. The van der Waals surface area contributed by atoms with E-state index in [1.807, 2.05) is 19.2 Å². The number of nitrogens with zero attached hydrogens (tertiary/aromatic N) is 3. The predicted octanol–water partition coefficient (Wildman–Crippen LogP) is 1.06. The summed E-state index contributed by atoms with van der Waals surface area (Å²) in [5.41, 5.74) is 6.99. The van der Waals surface area contributed by atoms with Crippen LogP contribution in [0.5, 0.6) is 0 Å². The van der Waals surface area contributed by atoms with Crippen molar-refractivity contribution >= 4 is 17.2 Å². The quantitative estimate of drug-likeness (QED) is 0.380.